The molecule has 29 heavy (non-hydrogen) atoms. The summed E-state index contributed by atoms with van der Waals surface area (Å²) in [6.07, 6.45) is 2.43. The van der Waals surface area contributed by atoms with E-state index in [-0.39, 0.29) is 17.2 Å². The van der Waals surface area contributed by atoms with Gasteiger partial charge in [0.25, 0.3) is 0 Å². The van der Waals surface area contributed by atoms with Gasteiger partial charge < -0.3 is 10.6 Å². The molecule has 2 aromatic carbocycles. The zero-order valence-electron chi connectivity index (χ0n) is 18.6. The average Bonchev–Trinajstić information content (AvgIpc) is 2.69. The van der Waals surface area contributed by atoms with Crippen molar-refractivity contribution in [2.24, 2.45) is 10.8 Å². The number of anilines is 2. The summed E-state index contributed by atoms with van der Waals surface area (Å²) in [7, 11) is 0. The molecule has 2 rings (SSSR count). The van der Waals surface area contributed by atoms with Crippen molar-refractivity contribution >= 4 is 23.2 Å². The molecule has 0 fully saturated rings. The Morgan fingerprint density at radius 2 is 1.07 bits per heavy atom. The molecule has 0 saturated heterocycles. The van der Waals surface area contributed by atoms with Crippen molar-refractivity contribution in [3.63, 3.8) is 0 Å². The second-order valence-corrected chi connectivity index (χ2v) is 9.00. The van der Waals surface area contributed by atoms with Crippen molar-refractivity contribution in [1.82, 2.24) is 0 Å². The van der Waals surface area contributed by atoms with Crippen LogP contribution in [0.5, 0.6) is 0 Å². The largest absolute Gasteiger partial charge is 0.326 e. The summed E-state index contributed by atoms with van der Waals surface area (Å²) in [6.45, 7) is 11.8. The minimum absolute atomic E-state index is 0.00475. The van der Waals surface area contributed by atoms with Crippen molar-refractivity contribution < 1.29 is 9.59 Å². The van der Waals surface area contributed by atoms with Gasteiger partial charge in [-0.3, -0.25) is 9.59 Å². The predicted molar refractivity (Wildman–Crippen MR) is 121 cm³/mol. The van der Waals surface area contributed by atoms with E-state index in [0.29, 0.717) is 0 Å². The lowest BCUT2D eigenvalue weighted by atomic mass is 9.84. The van der Waals surface area contributed by atoms with E-state index in [2.05, 4.69) is 10.6 Å². The fourth-order valence-corrected chi connectivity index (χ4v) is 2.82. The van der Waals surface area contributed by atoms with Gasteiger partial charge in [-0.2, -0.15) is 0 Å². The number of hydrogen-bond donors (Lipinski definition) is 2. The maximum absolute atomic E-state index is 12.5. The van der Waals surface area contributed by atoms with Gasteiger partial charge in [0.15, 0.2) is 0 Å². The van der Waals surface area contributed by atoms with E-state index in [4.69, 9.17) is 0 Å². The quantitative estimate of drug-likeness (QED) is 0.602. The summed E-state index contributed by atoms with van der Waals surface area (Å²) < 4.78 is 0. The molecule has 2 aromatic rings. The Balaban J connectivity index is 1.98. The lowest BCUT2D eigenvalue weighted by molar-refractivity contribution is -0.125. The number of amides is 2. The smallest absolute Gasteiger partial charge is 0.230 e. The highest BCUT2D eigenvalue weighted by Crippen LogP contribution is 2.27. The van der Waals surface area contributed by atoms with Crippen LogP contribution in [0.4, 0.5) is 11.4 Å². The summed E-state index contributed by atoms with van der Waals surface area (Å²) in [5.74, 6) is 0.0771. The van der Waals surface area contributed by atoms with E-state index in [0.717, 1.165) is 30.6 Å². The fraction of sp³-hybridized carbons (Fsp3) is 0.440. The molecule has 4 heteroatoms. The first-order valence-electron chi connectivity index (χ1n) is 10.4. The molecule has 0 atom stereocenters. The Hall–Kier alpha value is -2.62. The summed E-state index contributed by atoms with van der Waals surface area (Å²) in [5, 5.41) is 5.98. The molecule has 2 amide bonds. The van der Waals surface area contributed by atoms with Gasteiger partial charge in [0.2, 0.25) is 11.8 Å². The SMILES string of the molecule is CCC(C)(CC)C(=O)Nc1ccc(Cc2ccc(NC(=O)C(C)(C)C)cc2)cc1. The van der Waals surface area contributed by atoms with Gasteiger partial charge in [0, 0.05) is 22.2 Å². The highest BCUT2D eigenvalue weighted by Gasteiger charge is 2.29. The number of rotatable bonds is 7. The molecular weight excluding hydrogens is 360 g/mol. The van der Waals surface area contributed by atoms with Crippen LogP contribution in [0.25, 0.3) is 0 Å². The molecule has 0 bridgehead atoms. The van der Waals surface area contributed by atoms with E-state index in [1.54, 1.807) is 0 Å². The van der Waals surface area contributed by atoms with Gasteiger partial charge >= 0.3 is 0 Å². The predicted octanol–water partition coefficient (Wildman–Crippen LogP) is 6.03. The molecule has 4 nitrogen and oxygen atoms in total. The van der Waals surface area contributed by atoms with E-state index >= 15 is 0 Å². The van der Waals surface area contributed by atoms with Crippen LogP contribution in [0.3, 0.4) is 0 Å². The number of nitrogens with one attached hydrogen (secondary N) is 2. The molecule has 0 aliphatic heterocycles. The van der Waals surface area contributed by atoms with Gasteiger partial charge in [-0.25, -0.2) is 0 Å². The van der Waals surface area contributed by atoms with Gasteiger partial charge in [0.05, 0.1) is 0 Å². The Kier molecular flexibility index (Phi) is 7.23. The van der Waals surface area contributed by atoms with Crippen LogP contribution in [-0.2, 0) is 16.0 Å². The number of benzene rings is 2. The maximum atomic E-state index is 12.5. The highest BCUT2D eigenvalue weighted by molar-refractivity contribution is 5.95. The Morgan fingerprint density at radius 3 is 1.41 bits per heavy atom. The van der Waals surface area contributed by atoms with Crippen LogP contribution in [0, 0.1) is 10.8 Å². The van der Waals surface area contributed by atoms with Gasteiger partial charge in [-0.15, -0.1) is 0 Å². The van der Waals surface area contributed by atoms with Crippen LogP contribution in [0.1, 0.15) is 65.5 Å². The Morgan fingerprint density at radius 1 is 0.690 bits per heavy atom. The molecule has 0 aliphatic carbocycles. The minimum atomic E-state index is -0.415. The topological polar surface area (TPSA) is 58.2 Å². The normalized spacial score (nSPS) is 11.8. The lowest BCUT2D eigenvalue weighted by Gasteiger charge is -2.25. The maximum Gasteiger partial charge on any atom is 0.230 e. The second-order valence-electron chi connectivity index (χ2n) is 9.00. The third-order valence-electron chi connectivity index (χ3n) is 5.62. The molecule has 0 aromatic heterocycles. The Bertz CT molecular complexity index is 827. The third kappa shape index (κ3) is 6.18. The van der Waals surface area contributed by atoms with Crippen molar-refractivity contribution in [3.8, 4) is 0 Å². The molecule has 0 heterocycles. The third-order valence-corrected chi connectivity index (χ3v) is 5.62. The number of hydrogen-bond acceptors (Lipinski definition) is 2. The molecular formula is C25H34N2O2. The van der Waals surface area contributed by atoms with Crippen LogP contribution in [-0.4, -0.2) is 11.8 Å². The standard InChI is InChI=1S/C25H34N2O2/c1-7-25(6,8-2)23(29)27-21-15-11-19(12-16-21)17-18-9-13-20(14-10-18)26-22(28)24(3,4)5/h9-16H,7-8,17H2,1-6H3,(H,26,28)(H,27,29). The summed E-state index contributed by atoms with van der Waals surface area (Å²) in [6, 6.07) is 15.9. The van der Waals surface area contributed by atoms with Crippen LogP contribution < -0.4 is 10.6 Å². The first kappa shape index (κ1) is 22.7. The van der Waals surface area contributed by atoms with Crippen LogP contribution in [0.2, 0.25) is 0 Å². The fourth-order valence-electron chi connectivity index (χ4n) is 2.82. The summed E-state index contributed by atoms with van der Waals surface area (Å²) >= 11 is 0. The molecule has 2 N–H and O–H groups in total. The van der Waals surface area contributed by atoms with E-state index in [1.165, 1.54) is 11.1 Å². The molecule has 0 spiro atoms. The first-order chi connectivity index (χ1) is 13.6. The minimum Gasteiger partial charge on any atom is -0.326 e. The number of carbonyl (C=O) groups excluding carboxylic acids is 2. The molecule has 156 valence electrons. The highest BCUT2D eigenvalue weighted by atomic mass is 16.2. The monoisotopic (exact) mass is 394 g/mol. The number of carbonyl (C=O) groups is 2. The van der Waals surface area contributed by atoms with E-state index < -0.39 is 5.41 Å². The van der Waals surface area contributed by atoms with Crippen LogP contribution >= 0.6 is 0 Å². The molecule has 0 radical (unpaired) electrons. The Labute approximate surface area is 175 Å². The van der Waals surface area contributed by atoms with Crippen LogP contribution in [0.15, 0.2) is 48.5 Å². The van der Waals surface area contributed by atoms with Crippen molar-refractivity contribution in [2.45, 2.75) is 60.8 Å². The molecule has 0 unspecified atom stereocenters. The molecule has 0 saturated carbocycles. The first-order valence-corrected chi connectivity index (χ1v) is 10.4. The van der Waals surface area contributed by atoms with Crippen molar-refractivity contribution in [2.75, 3.05) is 10.6 Å². The van der Waals surface area contributed by atoms with Crippen molar-refractivity contribution in [1.29, 1.82) is 0 Å². The summed E-state index contributed by atoms with van der Waals surface area (Å²) in [4.78, 5) is 24.6. The van der Waals surface area contributed by atoms with Gasteiger partial charge in [-0.05, 0) is 54.7 Å². The second kappa shape index (κ2) is 9.25. The summed E-state index contributed by atoms with van der Waals surface area (Å²) in [5.41, 5.74) is 3.22. The molecule has 0 aliphatic rings. The van der Waals surface area contributed by atoms with Crippen molar-refractivity contribution in [3.05, 3.63) is 59.7 Å². The zero-order chi connectivity index (χ0) is 21.7. The van der Waals surface area contributed by atoms with E-state index in [9.17, 15) is 9.59 Å². The zero-order valence-corrected chi connectivity index (χ0v) is 18.6. The lowest BCUT2D eigenvalue weighted by Crippen LogP contribution is -2.32. The van der Waals surface area contributed by atoms with Gasteiger partial charge in [-0.1, -0.05) is 65.8 Å². The van der Waals surface area contributed by atoms with Gasteiger partial charge in [0.1, 0.15) is 0 Å². The van der Waals surface area contributed by atoms with E-state index in [1.807, 2.05) is 90.1 Å². The average molecular weight is 395 g/mol.